The lowest BCUT2D eigenvalue weighted by Gasteiger charge is -2.08. The molecule has 0 unspecified atom stereocenters. The van der Waals surface area contributed by atoms with Crippen molar-refractivity contribution >= 4 is 51.8 Å². The number of amides is 1. The number of nitrogens with two attached hydrogens (primary N) is 1. The van der Waals surface area contributed by atoms with Gasteiger partial charge in [0.25, 0.3) is 5.91 Å². The first-order chi connectivity index (χ1) is 11.6. The van der Waals surface area contributed by atoms with E-state index in [0.29, 0.717) is 31.2 Å². The van der Waals surface area contributed by atoms with Crippen LogP contribution in [0.1, 0.15) is 15.9 Å². The summed E-state index contributed by atoms with van der Waals surface area (Å²) in [5, 5.41) is 5.82. The SMILES string of the molecule is I.NC(=NCCc1ccccc1)NCCNC(=O)c1cccc(Br)c1. The number of rotatable bonds is 7. The van der Waals surface area contributed by atoms with E-state index in [9.17, 15) is 4.79 Å². The molecule has 0 radical (unpaired) electrons. The minimum Gasteiger partial charge on any atom is -0.370 e. The molecule has 2 aromatic rings. The third-order valence-electron chi connectivity index (χ3n) is 3.33. The number of hydrogen-bond acceptors (Lipinski definition) is 2. The predicted molar refractivity (Wildman–Crippen MR) is 117 cm³/mol. The van der Waals surface area contributed by atoms with Gasteiger partial charge in [-0.05, 0) is 30.2 Å². The molecule has 0 aliphatic heterocycles. The van der Waals surface area contributed by atoms with Gasteiger partial charge in [-0.1, -0.05) is 52.3 Å². The van der Waals surface area contributed by atoms with Gasteiger partial charge in [0.2, 0.25) is 0 Å². The third-order valence-corrected chi connectivity index (χ3v) is 3.82. The first-order valence-corrected chi connectivity index (χ1v) is 8.56. The number of aliphatic imine (C=N–C) groups is 1. The van der Waals surface area contributed by atoms with Gasteiger partial charge in [-0.25, -0.2) is 0 Å². The van der Waals surface area contributed by atoms with Crippen LogP contribution in [0.15, 0.2) is 64.1 Å². The topological polar surface area (TPSA) is 79.5 Å². The lowest BCUT2D eigenvalue weighted by Crippen LogP contribution is -2.38. The van der Waals surface area contributed by atoms with Crippen molar-refractivity contribution in [1.29, 1.82) is 0 Å². The van der Waals surface area contributed by atoms with E-state index in [4.69, 9.17) is 5.73 Å². The molecule has 0 bridgehead atoms. The lowest BCUT2D eigenvalue weighted by atomic mass is 10.2. The highest BCUT2D eigenvalue weighted by Crippen LogP contribution is 2.11. The molecule has 134 valence electrons. The third kappa shape index (κ3) is 8.35. The Morgan fingerprint density at radius 2 is 1.76 bits per heavy atom. The maximum Gasteiger partial charge on any atom is 0.251 e. The van der Waals surface area contributed by atoms with Crippen molar-refractivity contribution in [3.63, 3.8) is 0 Å². The summed E-state index contributed by atoms with van der Waals surface area (Å²) in [4.78, 5) is 16.2. The fourth-order valence-electron chi connectivity index (χ4n) is 2.10. The standard InChI is InChI=1S/C18H21BrN4O.HI/c19-16-8-4-7-15(13-16)17(24)21-11-12-23-18(20)22-10-9-14-5-2-1-3-6-14;/h1-8,13H,9-12H2,(H,21,24)(H3,20,22,23);1H. The smallest absolute Gasteiger partial charge is 0.251 e. The summed E-state index contributed by atoms with van der Waals surface area (Å²) in [6.07, 6.45) is 0.850. The van der Waals surface area contributed by atoms with Gasteiger partial charge in [0.05, 0.1) is 0 Å². The van der Waals surface area contributed by atoms with Crippen molar-refractivity contribution < 1.29 is 4.79 Å². The van der Waals surface area contributed by atoms with Crippen LogP contribution in [0.4, 0.5) is 0 Å². The van der Waals surface area contributed by atoms with Crippen LogP contribution in [0, 0.1) is 0 Å². The Labute approximate surface area is 173 Å². The number of nitrogens with one attached hydrogen (secondary N) is 2. The van der Waals surface area contributed by atoms with Crippen LogP contribution < -0.4 is 16.4 Å². The Morgan fingerprint density at radius 1 is 1.04 bits per heavy atom. The number of benzene rings is 2. The molecule has 2 aromatic carbocycles. The molecular formula is C18H22BrIN4O. The molecule has 2 rings (SSSR count). The van der Waals surface area contributed by atoms with Gasteiger partial charge in [-0.2, -0.15) is 0 Å². The van der Waals surface area contributed by atoms with E-state index in [1.807, 2.05) is 30.3 Å². The molecule has 5 nitrogen and oxygen atoms in total. The molecule has 0 heterocycles. The maximum absolute atomic E-state index is 11.9. The quantitative estimate of drug-likeness (QED) is 0.229. The zero-order valence-corrected chi connectivity index (χ0v) is 17.7. The van der Waals surface area contributed by atoms with Crippen LogP contribution in [0.5, 0.6) is 0 Å². The second kappa shape index (κ2) is 11.9. The fraction of sp³-hybridized carbons (Fsp3) is 0.222. The summed E-state index contributed by atoms with van der Waals surface area (Å²) in [7, 11) is 0. The van der Waals surface area contributed by atoms with Crippen LogP contribution in [0.25, 0.3) is 0 Å². The molecule has 4 N–H and O–H groups in total. The van der Waals surface area contributed by atoms with E-state index < -0.39 is 0 Å². The van der Waals surface area contributed by atoms with Gasteiger partial charge < -0.3 is 16.4 Å². The normalized spacial score (nSPS) is 10.7. The number of halogens is 2. The van der Waals surface area contributed by atoms with Gasteiger partial charge in [0, 0.05) is 29.7 Å². The largest absolute Gasteiger partial charge is 0.370 e. The molecule has 0 fully saturated rings. The number of nitrogens with zero attached hydrogens (tertiary/aromatic N) is 1. The molecule has 0 aromatic heterocycles. The second-order valence-corrected chi connectivity index (χ2v) is 6.11. The highest BCUT2D eigenvalue weighted by molar-refractivity contribution is 14.0. The minimum atomic E-state index is -0.113. The monoisotopic (exact) mass is 516 g/mol. The highest BCUT2D eigenvalue weighted by Gasteiger charge is 2.04. The lowest BCUT2D eigenvalue weighted by molar-refractivity contribution is 0.0954. The predicted octanol–water partition coefficient (Wildman–Crippen LogP) is 2.94. The van der Waals surface area contributed by atoms with Gasteiger partial charge in [0.15, 0.2) is 5.96 Å². The number of carbonyl (C=O) groups is 1. The average molecular weight is 517 g/mol. The van der Waals surface area contributed by atoms with Crippen molar-refractivity contribution in [1.82, 2.24) is 10.6 Å². The van der Waals surface area contributed by atoms with Crippen molar-refractivity contribution in [3.05, 3.63) is 70.2 Å². The molecule has 0 saturated heterocycles. The van der Waals surface area contributed by atoms with Gasteiger partial charge in [-0.15, -0.1) is 24.0 Å². The summed E-state index contributed by atoms with van der Waals surface area (Å²) >= 11 is 3.35. The summed E-state index contributed by atoms with van der Waals surface area (Å²) in [6.45, 7) is 1.63. The van der Waals surface area contributed by atoms with Crippen LogP contribution in [0.2, 0.25) is 0 Å². The summed E-state index contributed by atoms with van der Waals surface area (Å²) in [5.41, 5.74) is 7.66. The van der Waals surface area contributed by atoms with Crippen molar-refractivity contribution in [2.75, 3.05) is 19.6 Å². The molecular weight excluding hydrogens is 495 g/mol. The van der Waals surface area contributed by atoms with Gasteiger partial charge in [-0.3, -0.25) is 9.79 Å². The first-order valence-electron chi connectivity index (χ1n) is 7.76. The Balaban J connectivity index is 0.00000312. The molecule has 7 heteroatoms. The number of hydrogen-bond donors (Lipinski definition) is 3. The van der Waals surface area contributed by atoms with Crippen LogP contribution >= 0.6 is 39.9 Å². The average Bonchev–Trinajstić information content (AvgIpc) is 2.59. The molecule has 0 aliphatic rings. The number of carbonyl (C=O) groups excluding carboxylic acids is 1. The summed E-state index contributed by atoms with van der Waals surface area (Å²) < 4.78 is 0.878. The Morgan fingerprint density at radius 3 is 2.48 bits per heavy atom. The maximum atomic E-state index is 11.9. The first kappa shape index (κ1) is 21.4. The number of guanidine groups is 1. The molecule has 0 spiro atoms. The van der Waals surface area contributed by atoms with Gasteiger partial charge >= 0.3 is 0 Å². The molecule has 0 aliphatic carbocycles. The van der Waals surface area contributed by atoms with Crippen LogP contribution in [0.3, 0.4) is 0 Å². The molecule has 25 heavy (non-hydrogen) atoms. The van der Waals surface area contributed by atoms with E-state index in [2.05, 4.69) is 43.7 Å². The summed E-state index contributed by atoms with van der Waals surface area (Å²) in [6, 6.07) is 17.4. The van der Waals surface area contributed by atoms with E-state index in [0.717, 1.165) is 10.9 Å². The Bertz CT molecular complexity index is 694. The molecule has 0 atom stereocenters. The highest BCUT2D eigenvalue weighted by atomic mass is 127. The van der Waals surface area contributed by atoms with Gasteiger partial charge in [0.1, 0.15) is 0 Å². The molecule has 1 amide bonds. The van der Waals surface area contributed by atoms with E-state index >= 15 is 0 Å². The molecule has 0 saturated carbocycles. The van der Waals surface area contributed by atoms with E-state index in [1.165, 1.54) is 5.56 Å². The second-order valence-electron chi connectivity index (χ2n) is 5.20. The van der Waals surface area contributed by atoms with Crippen molar-refractivity contribution in [3.8, 4) is 0 Å². The Kier molecular flexibility index (Phi) is 10.2. The zero-order chi connectivity index (χ0) is 17.2. The Hall–Kier alpha value is -1.61. The fourth-order valence-corrected chi connectivity index (χ4v) is 2.50. The zero-order valence-electron chi connectivity index (χ0n) is 13.7. The van der Waals surface area contributed by atoms with E-state index in [1.54, 1.807) is 12.1 Å². The van der Waals surface area contributed by atoms with E-state index in [-0.39, 0.29) is 29.9 Å². The summed E-state index contributed by atoms with van der Waals surface area (Å²) in [5.74, 6) is 0.278. The minimum absolute atomic E-state index is 0. The van der Waals surface area contributed by atoms with Crippen LogP contribution in [-0.2, 0) is 6.42 Å². The van der Waals surface area contributed by atoms with Crippen LogP contribution in [-0.4, -0.2) is 31.5 Å². The van der Waals surface area contributed by atoms with Crippen molar-refractivity contribution in [2.24, 2.45) is 10.7 Å². The van der Waals surface area contributed by atoms with Crippen molar-refractivity contribution in [2.45, 2.75) is 6.42 Å².